The van der Waals surface area contributed by atoms with Crippen LogP contribution < -0.4 is 15.4 Å². The van der Waals surface area contributed by atoms with E-state index in [0.717, 1.165) is 11.3 Å². The van der Waals surface area contributed by atoms with Crippen LogP contribution in [0.1, 0.15) is 18.5 Å². The van der Waals surface area contributed by atoms with Gasteiger partial charge < -0.3 is 15.4 Å². The highest BCUT2D eigenvalue weighted by Crippen LogP contribution is 2.23. The van der Waals surface area contributed by atoms with Crippen LogP contribution in [0.2, 0.25) is 0 Å². The maximum absolute atomic E-state index is 11.4. The molecule has 96 valence electrons. The topological polar surface area (TPSA) is 50.4 Å². The first-order chi connectivity index (χ1) is 7.69. The minimum absolute atomic E-state index is 0. The maximum Gasteiger partial charge on any atom is 0.234 e. The molecule has 4 nitrogen and oxygen atoms in total. The first kappa shape index (κ1) is 15.7. The molecule has 17 heavy (non-hydrogen) atoms. The van der Waals surface area contributed by atoms with Crippen molar-refractivity contribution in [3.05, 3.63) is 29.8 Å². The number of methoxy groups -OCH3 is 1. The highest BCUT2D eigenvalue weighted by Gasteiger charge is 2.12. The molecular formula is C12H19ClN2O2. The molecule has 0 aliphatic carbocycles. The third kappa shape index (κ3) is 4.63. The van der Waals surface area contributed by atoms with Crippen LogP contribution in [0, 0.1) is 0 Å². The molecular weight excluding hydrogens is 240 g/mol. The lowest BCUT2D eigenvalue weighted by Crippen LogP contribution is -2.34. The highest BCUT2D eigenvalue weighted by atomic mass is 35.5. The number of hydrogen-bond acceptors (Lipinski definition) is 3. The van der Waals surface area contributed by atoms with E-state index in [1.807, 2.05) is 31.2 Å². The van der Waals surface area contributed by atoms with Crippen molar-refractivity contribution in [2.45, 2.75) is 13.0 Å². The van der Waals surface area contributed by atoms with E-state index in [1.165, 1.54) is 0 Å². The number of nitrogens with one attached hydrogen (secondary N) is 2. The van der Waals surface area contributed by atoms with E-state index >= 15 is 0 Å². The number of benzene rings is 1. The summed E-state index contributed by atoms with van der Waals surface area (Å²) in [5.41, 5.74) is 0.981. The van der Waals surface area contributed by atoms with Gasteiger partial charge in [0.05, 0.1) is 19.7 Å². The molecule has 0 radical (unpaired) electrons. The Morgan fingerprint density at radius 1 is 1.41 bits per heavy atom. The monoisotopic (exact) mass is 258 g/mol. The fourth-order valence-corrected chi connectivity index (χ4v) is 1.55. The summed E-state index contributed by atoms with van der Waals surface area (Å²) in [6, 6.07) is 7.61. The second-order valence-corrected chi connectivity index (χ2v) is 3.56. The summed E-state index contributed by atoms with van der Waals surface area (Å²) in [7, 11) is 3.37. The van der Waals surface area contributed by atoms with Crippen LogP contribution in [0.15, 0.2) is 24.3 Å². The number of hydrogen-bond donors (Lipinski definition) is 2. The van der Waals surface area contributed by atoms with Gasteiger partial charge in [0.15, 0.2) is 0 Å². The molecule has 0 spiro atoms. The summed E-state index contributed by atoms with van der Waals surface area (Å²) in [6.45, 7) is 2.25. The van der Waals surface area contributed by atoms with Crippen molar-refractivity contribution in [1.82, 2.24) is 10.6 Å². The normalized spacial score (nSPS) is 11.2. The third-order valence-electron chi connectivity index (χ3n) is 2.32. The fourth-order valence-electron chi connectivity index (χ4n) is 1.55. The highest BCUT2D eigenvalue weighted by molar-refractivity contribution is 5.85. The second-order valence-electron chi connectivity index (χ2n) is 3.56. The predicted octanol–water partition coefficient (Wildman–Crippen LogP) is 1.51. The van der Waals surface area contributed by atoms with Crippen LogP contribution in [0.4, 0.5) is 0 Å². The van der Waals surface area contributed by atoms with Crippen LogP contribution in [0.25, 0.3) is 0 Å². The summed E-state index contributed by atoms with van der Waals surface area (Å²) >= 11 is 0. The van der Waals surface area contributed by atoms with Gasteiger partial charge in [0, 0.05) is 5.56 Å². The van der Waals surface area contributed by atoms with E-state index in [-0.39, 0.29) is 24.4 Å². The first-order valence-electron chi connectivity index (χ1n) is 5.26. The molecule has 0 saturated carbocycles. The molecule has 1 rings (SSSR count). The van der Waals surface area contributed by atoms with Gasteiger partial charge in [0.2, 0.25) is 5.91 Å². The summed E-state index contributed by atoms with van der Waals surface area (Å²) < 4.78 is 5.24. The minimum Gasteiger partial charge on any atom is -0.496 e. The number of rotatable bonds is 5. The van der Waals surface area contributed by atoms with Crippen LogP contribution in [-0.2, 0) is 4.79 Å². The molecule has 1 aromatic rings. The van der Waals surface area contributed by atoms with E-state index in [1.54, 1.807) is 14.2 Å². The van der Waals surface area contributed by atoms with E-state index < -0.39 is 0 Å². The number of para-hydroxylation sites is 1. The number of carbonyl (C=O) groups excluding carboxylic acids is 1. The Morgan fingerprint density at radius 2 is 2.06 bits per heavy atom. The van der Waals surface area contributed by atoms with Crippen LogP contribution in [-0.4, -0.2) is 26.6 Å². The Labute approximate surface area is 108 Å². The smallest absolute Gasteiger partial charge is 0.234 e. The molecule has 1 amide bonds. The van der Waals surface area contributed by atoms with Crippen LogP contribution >= 0.6 is 12.4 Å². The quantitative estimate of drug-likeness (QED) is 0.842. The van der Waals surface area contributed by atoms with Crippen molar-refractivity contribution in [2.75, 3.05) is 20.7 Å². The van der Waals surface area contributed by atoms with Gasteiger partial charge in [0.1, 0.15) is 5.75 Å². The summed E-state index contributed by atoms with van der Waals surface area (Å²) in [5, 5.41) is 5.70. The van der Waals surface area contributed by atoms with Crippen molar-refractivity contribution in [3.63, 3.8) is 0 Å². The Bertz CT molecular complexity index is 358. The Balaban J connectivity index is 0.00000256. The molecule has 5 heteroatoms. The molecule has 1 aromatic carbocycles. The lowest BCUT2D eigenvalue weighted by molar-refractivity contribution is -0.120. The Hall–Kier alpha value is -1.26. The third-order valence-corrected chi connectivity index (χ3v) is 2.32. The Kier molecular flexibility index (Phi) is 7.34. The van der Waals surface area contributed by atoms with Crippen molar-refractivity contribution >= 4 is 18.3 Å². The lowest BCUT2D eigenvalue weighted by Gasteiger charge is -2.17. The van der Waals surface area contributed by atoms with Crippen molar-refractivity contribution < 1.29 is 9.53 Å². The number of carbonyl (C=O) groups is 1. The molecule has 0 aromatic heterocycles. The summed E-state index contributed by atoms with van der Waals surface area (Å²) in [4.78, 5) is 11.4. The molecule has 0 heterocycles. The standard InChI is InChI=1S/C12H18N2O2.ClH/c1-9(14-12(15)8-13-2)10-6-4-5-7-11(10)16-3;/h4-7,9,13H,8H2,1-3H3,(H,14,15);1H. The maximum atomic E-state index is 11.4. The van der Waals surface area contributed by atoms with Crippen molar-refractivity contribution in [2.24, 2.45) is 0 Å². The van der Waals surface area contributed by atoms with Gasteiger partial charge >= 0.3 is 0 Å². The summed E-state index contributed by atoms with van der Waals surface area (Å²) in [6.07, 6.45) is 0. The molecule has 0 bridgehead atoms. The Morgan fingerprint density at radius 3 is 2.65 bits per heavy atom. The molecule has 1 unspecified atom stereocenters. The number of amides is 1. The van der Waals surface area contributed by atoms with Crippen LogP contribution in [0.5, 0.6) is 5.75 Å². The summed E-state index contributed by atoms with van der Waals surface area (Å²) in [5.74, 6) is 0.765. The molecule has 0 saturated heterocycles. The first-order valence-corrected chi connectivity index (χ1v) is 5.26. The molecule has 0 fully saturated rings. The average Bonchev–Trinajstić information content (AvgIpc) is 2.29. The van der Waals surface area contributed by atoms with E-state index in [0.29, 0.717) is 6.54 Å². The van der Waals surface area contributed by atoms with Gasteiger partial charge in [-0.2, -0.15) is 0 Å². The molecule has 2 N–H and O–H groups in total. The minimum atomic E-state index is -0.0583. The molecule has 1 atom stereocenters. The fraction of sp³-hybridized carbons (Fsp3) is 0.417. The number of halogens is 1. The van der Waals surface area contributed by atoms with Crippen molar-refractivity contribution in [1.29, 1.82) is 0 Å². The molecule has 0 aliphatic heterocycles. The van der Waals surface area contributed by atoms with Gasteiger partial charge in [0.25, 0.3) is 0 Å². The van der Waals surface area contributed by atoms with E-state index in [4.69, 9.17) is 4.74 Å². The zero-order valence-corrected chi connectivity index (χ0v) is 11.1. The van der Waals surface area contributed by atoms with Crippen LogP contribution in [0.3, 0.4) is 0 Å². The number of ether oxygens (including phenoxy) is 1. The van der Waals surface area contributed by atoms with Crippen molar-refractivity contribution in [3.8, 4) is 5.75 Å². The zero-order chi connectivity index (χ0) is 12.0. The largest absolute Gasteiger partial charge is 0.496 e. The van der Waals surface area contributed by atoms with E-state index in [2.05, 4.69) is 10.6 Å². The predicted molar refractivity (Wildman–Crippen MR) is 70.7 cm³/mol. The number of likely N-dealkylation sites (N-methyl/N-ethyl adjacent to an activating group) is 1. The lowest BCUT2D eigenvalue weighted by atomic mass is 10.1. The average molecular weight is 259 g/mol. The molecule has 0 aliphatic rings. The van der Waals surface area contributed by atoms with Gasteiger partial charge in [-0.1, -0.05) is 18.2 Å². The second kappa shape index (κ2) is 7.92. The van der Waals surface area contributed by atoms with Gasteiger partial charge in [-0.25, -0.2) is 0 Å². The van der Waals surface area contributed by atoms with E-state index in [9.17, 15) is 4.79 Å². The zero-order valence-electron chi connectivity index (χ0n) is 10.3. The van der Waals surface area contributed by atoms with Gasteiger partial charge in [-0.3, -0.25) is 4.79 Å². The SMILES string of the molecule is CNCC(=O)NC(C)c1ccccc1OC.Cl. The van der Waals surface area contributed by atoms with Gasteiger partial charge in [-0.05, 0) is 20.0 Å². The van der Waals surface area contributed by atoms with Gasteiger partial charge in [-0.15, -0.1) is 12.4 Å².